The van der Waals surface area contributed by atoms with E-state index in [9.17, 15) is 9.70 Å². The lowest BCUT2D eigenvalue weighted by molar-refractivity contribution is 0.111. The third-order valence-corrected chi connectivity index (χ3v) is 6.95. The van der Waals surface area contributed by atoms with Gasteiger partial charge in [0.2, 0.25) is 0 Å². The van der Waals surface area contributed by atoms with Gasteiger partial charge in [0.25, 0.3) is 0 Å². The maximum absolute atomic E-state index is 12.1. The highest BCUT2D eigenvalue weighted by atomic mass is 16.5. The summed E-state index contributed by atoms with van der Waals surface area (Å²) in [5, 5.41) is 11.2. The predicted octanol–water partition coefficient (Wildman–Crippen LogP) is 4.67. The first-order valence-electron chi connectivity index (χ1n) is 12.4. The zero-order valence-corrected chi connectivity index (χ0v) is 21.5. The van der Waals surface area contributed by atoms with Gasteiger partial charge in [0.05, 0.1) is 18.5 Å². The molecule has 0 unspecified atom stereocenters. The number of methoxy groups -OCH3 is 1. The van der Waals surface area contributed by atoms with Crippen molar-refractivity contribution < 1.29 is 9.53 Å². The molecule has 190 valence electrons. The van der Waals surface area contributed by atoms with E-state index in [1.54, 1.807) is 11.8 Å². The summed E-state index contributed by atoms with van der Waals surface area (Å²) < 4.78 is 6.80. The zero-order chi connectivity index (χ0) is 25.7. The number of rotatable bonds is 13. The highest BCUT2D eigenvalue weighted by molar-refractivity contribution is 5.76. The van der Waals surface area contributed by atoms with Crippen molar-refractivity contribution in [1.29, 1.82) is 0 Å². The molecule has 0 bridgehead atoms. The molecule has 3 aromatic rings. The predicted molar refractivity (Wildman–Crippen MR) is 142 cm³/mol. The van der Waals surface area contributed by atoms with Crippen molar-refractivity contribution in [2.75, 3.05) is 32.1 Å². The summed E-state index contributed by atoms with van der Waals surface area (Å²) in [4.78, 5) is 25.3. The number of hydrogen-bond donors (Lipinski definition) is 1. The summed E-state index contributed by atoms with van der Waals surface area (Å²) in [6, 6.07) is 16.6. The molecule has 0 saturated heterocycles. The lowest BCUT2D eigenvalue weighted by Crippen LogP contribution is -2.34. The van der Waals surface area contributed by atoms with Crippen molar-refractivity contribution in [2.24, 2.45) is 5.18 Å². The van der Waals surface area contributed by atoms with Crippen LogP contribution in [0.5, 0.6) is 5.75 Å². The molecule has 1 N–H and O–H groups in total. The van der Waals surface area contributed by atoms with E-state index in [0.717, 1.165) is 29.8 Å². The Morgan fingerprint density at radius 1 is 1.17 bits per heavy atom. The SMILES string of the molecule is COc1ccc(-n2nc(CN=O)c(CCN(C)c3ccc(C(C)(C)CNC4CC4)cc3)c2C=O)cc1. The number of aromatic nitrogens is 2. The van der Waals surface area contributed by atoms with Gasteiger partial charge >= 0.3 is 0 Å². The van der Waals surface area contributed by atoms with Crippen molar-refractivity contribution in [3.63, 3.8) is 0 Å². The molecule has 0 aliphatic heterocycles. The Hall–Kier alpha value is -3.52. The maximum atomic E-state index is 12.1. The first-order valence-corrected chi connectivity index (χ1v) is 12.4. The lowest BCUT2D eigenvalue weighted by atomic mass is 9.84. The van der Waals surface area contributed by atoms with Gasteiger partial charge in [-0.15, -0.1) is 0 Å². The summed E-state index contributed by atoms with van der Waals surface area (Å²) >= 11 is 0. The van der Waals surface area contributed by atoms with Crippen LogP contribution in [0.2, 0.25) is 0 Å². The first kappa shape index (κ1) is 25.6. The molecule has 1 aliphatic rings. The second-order valence-electron chi connectivity index (χ2n) is 10.1. The molecule has 1 saturated carbocycles. The molecule has 4 rings (SSSR count). The Morgan fingerprint density at radius 3 is 2.44 bits per heavy atom. The molecular weight excluding hydrogens is 454 g/mol. The van der Waals surface area contributed by atoms with Crippen LogP contribution in [-0.2, 0) is 18.4 Å². The van der Waals surface area contributed by atoms with Gasteiger partial charge in [-0.1, -0.05) is 31.2 Å². The average molecular weight is 490 g/mol. The van der Waals surface area contributed by atoms with Crippen LogP contribution < -0.4 is 15.0 Å². The minimum atomic E-state index is -0.0816. The van der Waals surface area contributed by atoms with Crippen molar-refractivity contribution >= 4 is 12.0 Å². The van der Waals surface area contributed by atoms with E-state index < -0.39 is 0 Å². The number of nitrogens with one attached hydrogen (secondary N) is 1. The van der Waals surface area contributed by atoms with Crippen molar-refractivity contribution in [3.05, 3.63) is 76.0 Å². The molecule has 0 amide bonds. The Labute approximate surface area is 212 Å². The van der Waals surface area contributed by atoms with Crippen LogP contribution in [-0.4, -0.2) is 49.4 Å². The molecule has 1 heterocycles. The van der Waals surface area contributed by atoms with Gasteiger partial charge in [-0.25, -0.2) is 4.68 Å². The second-order valence-corrected chi connectivity index (χ2v) is 10.1. The Balaban J connectivity index is 1.48. The van der Waals surface area contributed by atoms with E-state index in [0.29, 0.717) is 36.1 Å². The van der Waals surface area contributed by atoms with Gasteiger partial charge in [0.15, 0.2) is 6.29 Å². The van der Waals surface area contributed by atoms with Crippen molar-refractivity contribution in [1.82, 2.24) is 15.1 Å². The summed E-state index contributed by atoms with van der Waals surface area (Å²) in [6.07, 6.45) is 3.93. The quantitative estimate of drug-likeness (QED) is 0.277. The number of ether oxygens (including phenoxy) is 1. The van der Waals surface area contributed by atoms with Crippen molar-refractivity contribution in [3.8, 4) is 11.4 Å². The van der Waals surface area contributed by atoms with E-state index in [1.807, 2.05) is 31.3 Å². The van der Waals surface area contributed by atoms with Crippen LogP contribution in [0.25, 0.3) is 5.69 Å². The summed E-state index contributed by atoms with van der Waals surface area (Å²) in [5.41, 5.74) is 4.89. The minimum absolute atomic E-state index is 0.0608. The van der Waals surface area contributed by atoms with Gasteiger partial charge in [0, 0.05) is 42.8 Å². The van der Waals surface area contributed by atoms with Gasteiger partial charge in [-0.05, 0) is 61.2 Å². The standard InChI is InChI=1S/C28H35N5O3/c1-28(2,19-29-21-7-8-21)20-5-9-22(10-6-20)32(3)16-15-25-26(17-30-35)31-33(27(25)18-34)23-11-13-24(36-4)14-12-23/h5-6,9-14,18,21,29H,7-8,15-17,19H2,1-4H3. The van der Waals surface area contributed by atoms with Crippen LogP contribution in [0, 0.1) is 4.91 Å². The topological polar surface area (TPSA) is 88.8 Å². The number of anilines is 1. The average Bonchev–Trinajstić information content (AvgIpc) is 3.67. The number of nitrogens with zero attached hydrogens (tertiary/aromatic N) is 4. The van der Waals surface area contributed by atoms with Crippen LogP contribution in [0.3, 0.4) is 0 Å². The first-order chi connectivity index (χ1) is 17.4. The Kier molecular flexibility index (Phi) is 7.84. The van der Waals surface area contributed by atoms with E-state index in [-0.39, 0.29) is 12.0 Å². The molecule has 1 aliphatic carbocycles. The second kappa shape index (κ2) is 11.0. The molecule has 0 atom stereocenters. The largest absolute Gasteiger partial charge is 0.497 e. The van der Waals surface area contributed by atoms with Gasteiger partial charge in [-0.3, -0.25) is 4.79 Å². The highest BCUT2D eigenvalue weighted by Gasteiger charge is 2.26. The Morgan fingerprint density at radius 2 is 1.86 bits per heavy atom. The maximum Gasteiger partial charge on any atom is 0.168 e. The van der Waals surface area contributed by atoms with Gasteiger partial charge < -0.3 is 15.0 Å². The molecule has 2 aromatic carbocycles. The van der Waals surface area contributed by atoms with Gasteiger partial charge in [-0.2, -0.15) is 10.0 Å². The van der Waals surface area contributed by atoms with E-state index in [1.165, 1.54) is 18.4 Å². The molecule has 8 nitrogen and oxygen atoms in total. The number of carbonyl (C=O) groups excluding carboxylic acids is 1. The van der Waals surface area contributed by atoms with E-state index in [4.69, 9.17) is 4.74 Å². The fraction of sp³-hybridized carbons (Fsp3) is 0.429. The third-order valence-electron chi connectivity index (χ3n) is 6.95. The number of nitroso groups, excluding NO2 is 1. The number of hydrogen-bond acceptors (Lipinski definition) is 7. The van der Waals surface area contributed by atoms with Crippen molar-refractivity contribution in [2.45, 2.75) is 51.1 Å². The number of carbonyl (C=O) groups is 1. The number of benzene rings is 2. The normalized spacial score (nSPS) is 13.4. The number of likely N-dealkylation sites (N-methyl/N-ethyl adjacent to an activating group) is 1. The van der Waals surface area contributed by atoms with Crippen LogP contribution >= 0.6 is 0 Å². The molecule has 1 fully saturated rings. The summed E-state index contributed by atoms with van der Waals surface area (Å²) in [7, 11) is 3.63. The molecule has 0 radical (unpaired) electrons. The fourth-order valence-corrected chi connectivity index (χ4v) is 4.38. The molecule has 0 spiro atoms. The molecular formula is C28H35N5O3. The minimum Gasteiger partial charge on any atom is -0.497 e. The lowest BCUT2D eigenvalue weighted by Gasteiger charge is -2.27. The molecule has 8 heteroatoms. The third kappa shape index (κ3) is 5.82. The van der Waals surface area contributed by atoms with Gasteiger partial charge in [0.1, 0.15) is 18.0 Å². The summed E-state index contributed by atoms with van der Waals surface area (Å²) in [5.74, 6) is 0.712. The smallest absolute Gasteiger partial charge is 0.168 e. The fourth-order valence-electron chi connectivity index (χ4n) is 4.38. The molecule has 36 heavy (non-hydrogen) atoms. The Bertz CT molecular complexity index is 1180. The zero-order valence-electron chi connectivity index (χ0n) is 21.5. The highest BCUT2D eigenvalue weighted by Crippen LogP contribution is 2.28. The summed E-state index contributed by atoms with van der Waals surface area (Å²) in [6.45, 7) is 6.08. The van der Waals surface area contributed by atoms with Crippen LogP contribution in [0.1, 0.15) is 54.0 Å². The van der Waals surface area contributed by atoms with Crippen LogP contribution in [0.15, 0.2) is 53.7 Å². The van der Waals surface area contributed by atoms with E-state index >= 15 is 0 Å². The van der Waals surface area contributed by atoms with E-state index in [2.05, 4.69) is 58.6 Å². The van der Waals surface area contributed by atoms with Crippen LogP contribution in [0.4, 0.5) is 5.69 Å². The molecule has 1 aromatic heterocycles. The number of aldehydes is 1. The monoisotopic (exact) mass is 489 g/mol.